The first-order chi connectivity index (χ1) is 7.88. The lowest BCUT2D eigenvalue weighted by atomic mass is 10.2. The van der Waals surface area contributed by atoms with E-state index in [0.717, 1.165) is 0 Å². The Morgan fingerprint density at radius 3 is 3.19 bits per heavy atom. The largest absolute Gasteiger partial charge is 0.365 e. The van der Waals surface area contributed by atoms with Crippen LogP contribution in [0.3, 0.4) is 0 Å². The van der Waals surface area contributed by atoms with Crippen LogP contribution in [0.25, 0.3) is 0 Å². The van der Waals surface area contributed by atoms with Gasteiger partial charge in [0.15, 0.2) is 5.34 Å². The molecule has 1 heterocycles. The van der Waals surface area contributed by atoms with E-state index >= 15 is 0 Å². The monoisotopic (exact) mass is 219 g/mol. The molecule has 0 aliphatic carbocycles. The Kier molecular flexibility index (Phi) is 4.99. The second-order valence-electron chi connectivity index (χ2n) is 2.64. The third-order valence-corrected chi connectivity index (χ3v) is 1.64. The zero-order valence-corrected chi connectivity index (χ0v) is 8.33. The Balaban J connectivity index is 2.60. The van der Waals surface area contributed by atoms with E-state index in [1.165, 1.54) is 0 Å². The van der Waals surface area contributed by atoms with Crippen molar-refractivity contribution in [1.82, 2.24) is 10.3 Å². The molecule has 0 saturated heterocycles. The van der Waals surface area contributed by atoms with E-state index in [4.69, 9.17) is 5.26 Å². The fourth-order valence-corrected chi connectivity index (χ4v) is 1.01. The number of aliphatic imine (C=N–C) groups is 1. The lowest BCUT2D eigenvalue weighted by Crippen LogP contribution is -2.27. The van der Waals surface area contributed by atoms with Gasteiger partial charge in [0.2, 0.25) is 6.19 Å². The van der Waals surface area contributed by atoms with Crippen LogP contribution < -0.4 is 5.32 Å². The molecule has 0 aromatic carbocycles. The molecule has 1 rings (SSSR count). The Morgan fingerprint density at radius 1 is 1.69 bits per heavy atom. The summed E-state index contributed by atoms with van der Waals surface area (Å²) in [6.45, 7) is 0.426. The Hall–Kier alpha value is -2.49. The van der Waals surface area contributed by atoms with Gasteiger partial charge in [-0.25, -0.2) is 0 Å². The number of nitriles is 1. The zero-order valence-electron chi connectivity index (χ0n) is 8.33. The number of aromatic nitrogens is 1. The minimum absolute atomic E-state index is 0.105. The van der Waals surface area contributed by atoms with Crippen LogP contribution in [-0.2, 0) is 4.84 Å². The van der Waals surface area contributed by atoms with Gasteiger partial charge in [-0.05, 0) is 12.1 Å². The van der Waals surface area contributed by atoms with Gasteiger partial charge in [0.25, 0.3) is 0 Å². The minimum Gasteiger partial charge on any atom is -0.365 e. The normalized spacial score (nSPS) is 10.3. The molecule has 0 bridgehead atoms. The summed E-state index contributed by atoms with van der Waals surface area (Å²) >= 11 is 0. The van der Waals surface area contributed by atoms with Gasteiger partial charge in [-0.1, -0.05) is 0 Å². The number of hydrogen-bond acceptors (Lipinski definition) is 6. The van der Waals surface area contributed by atoms with E-state index < -0.39 is 0 Å². The molecule has 1 aromatic heterocycles. The molecule has 16 heavy (non-hydrogen) atoms. The van der Waals surface area contributed by atoms with Crippen LogP contribution in [0, 0.1) is 16.4 Å². The summed E-state index contributed by atoms with van der Waals surface area (Å²) in [5.74, 6) is 0.380. The molecule has 7 nitrogen and oxygen atoms in total. The second kappa shape index (κ2) is 6.89. The van der Waals surface area contributed by atoms with Crippen LogP contribution in [0.2, 0.25) is 0 Å². The van der Waals surface area contributed by atoms with Crippen molar-refractivity contribution >= 4 is 5.84 Å². The predicted octanol–water partition coefficient (Wildman–Crippen LogP) is 0.597. The van der Waals surface area contributed by atoms with Crippen molar-refractivity contribution in [2.24, 2.45) is 10.3 Å². The van der Waals surface area contributed by atoms with E-state index in [1.807, 2.05) is 0 Å². The van der Waals surface area contributed by atoms with Crippen molar-refractivity contribution in [3.8, 4) is 6.19 Å². The maximum Gasteiger partial charge on any atom is 0.207 e. The van der Waals surface area contributed by atoms with Gasteiger partial charge in [0.05, 0.1) is 6.54 Å². The number of pyridine rings is 1. The van der Waals surface area contributed by atoms with Gasteiger partial charge >= 0.3 is 0 Å². The predicted molar refractivity (Wildman–Crippen MR) is 56.1 cm³/mol. The summed E-state index contributed by atoms with van der Waals surface area (Å²) in [4.78, 5) is 21.4. The van der Waals surface area contributed by atoms with Gasteiger partial charge in [0.1, 0.15) is 12.4 Å². The molecular weight excluding hydrogens is 210 g/mol. The molecule has 0 saturated carbocycles. The second-order valence-corrected chi connectivity index (χ2v) is 2.64. The molecular formula is C9H9N5O2. The standard InChI is InChI=1S/C9H9N5O2/c10-7-13-9(12-4-5-16-14-15)8-2-1-3-11-6-8/h1-3,6H,4-5H2,(H,12,13). The average Bonchev–Trinajstić information content (AvgIpc) is 2.34. The first-order valence-electron chi connectivity index (χ1n) is 4.44. The highest BCUT2D eigenvalue weighted by molar-refractivity contribution is 5.98. The van der Waals surface area contributed by atoms with E-state index in [1.54, 1.807) is 30.7 Å². The average molecular weight is 219 g/mol. The number of nitrogens with zero attached hydrogens (tertiary/aromatic N) is 4. The SMILES string of the molecule is N#C/N=C(\NCCON=O)c1cccnc1. The van der Waals surface area contributed by atoms with Crippen LogP contribution in [0.15, 0.2) is 34.9 Å². The maximum atomic E-state index is 9.65. The molecule has 0 aliphatic heterocycles. The molecule has 0 fully saturated rings. The molecule has 0 atom stereocenters. The molecule has 82 valence electrons. The maximum absolute atomic E-state index is 9.65. The van der Waals surface area contributed by atoms with E-state index in [-0.39, 0.29) is 6.61 Å². The summed E-state index contributed by atoms with van der Waals surface area (Å²) < 4.78 is 0. The van der Waals surface area contributed by atoms with Crippen LogP contribution in [-0.4, -0.2) is 24.0 Å². The van der Waals surface area contributed by atoms with E-state index in [0.29, 0.717) is 17.9 Å². The first-order valence-corrected chi connectivity index (χ1v) is 4.44. The lowest BCUT2D eigenvalue weighted by molar-refractivity contribution is 0.144. The highest BCUT2D eigenvalue weighted by Crippen LogP contribution is 1.96. The Bertz CT molecular complexity index is 398. The van der Waals surface area contributed by atoms with Gasteiger partial charge in [-0.2, -0.15) is 10.3 Å². The Morgan fingerprint density at radius 2 is 2.56 bits per heavy atom. The van der Waals surface area contributed by atoms with Gasteiger partial charge in [-0.15, -0.1) is 4.91 Å². The third kappa shape index (κ3) is 3.71. The number of hydrogen-bond donors (Lipinski definition) is 1. The quantitative estimate of drug-likeness (QED) is 0.195. The fraction of sp³-hybridized carbons (Fsp3) is 0.222. The van der Waals surface area contributed by atoms with Gasteiger partial charge in [-0.3, -0.25) is 4.98 Å². The molecule has 0 unspecified atom stereocenters. The smallest absolute Gasteiger partial charge is 0.207 e. The first kappa shape index (κ1) is 11.6. The lowest BCUT2D eigenvalue weighted by Gasteiger charge is -2.06. The number of rotatable bonds is 5. The zero-order chi connectivity index (χ0) is 11.6. The summed E-state index contributed by atoms with van der Waals surface area (Å²) in [6, 6.07) is 3.49. The highest BCUT2D eigenvalue weighted by atomic mass is 16.7. The fourth-order valence-electron chi connectivity index (χ4n) is 1.01. The highest BCUT2D eigenvalue weighted by Gasteiger charge is 2.02. The topological polar surface area (TPSA) is 99.7 Å². The molecule has 1 N–H and O–H groups in total. The minimum atomic E-state index is 0.105. The van der Waals surface area contributed by atoms with Crippen molar-refractivity contribution in [3.05, 3.63) is 35.0 Å². The van der Waals surface area contributed by atoms with Crippen molar-refractivity contribution in [3.63, 3.8) is 0 Å². The molecule has 0 radical (unpaired) electrons. The van der Waals surface area contributed by atoms with Crippen LogP contribution in [0.4, 0.5) is 0 Å². The van der Waals surface area contributed by atoms with Crippen LogP contribution in [0.1, 0.15) is 5.56 Å². The van der Waals surface area contributed by atoms with Crippen molar-refractivity contribution in [2.45, 2.75) is 0 Å². The third-order valence-electron chi connectivity index (χ3n) is 1.64. The molecule has 7 heteroatoms. The van der Waals surface area contributed by atoms with Crippen LogP contribution in [0.5, 0.6) is 0 Å². The van der Waals surface area contributed by atoms with Crippen molar-refractivity contribution < 1.29 is 4.84 Å². The molecule has 0 spiro atoms. The van der Waals surface area contributed by atoms with Gasteiger partial charge < -0.3 is 10.2 Å². The van der Waals surface area contributed by atoms with Crippen molar-refractivity contribution in [2.75, 3.05) is 13.2 Å². The van der Waals surface area contributed by atoms with Crippen LogP contribution >= 0.6 is 0 Å². The van der Waals surface area contributed by atoms with Gasteiger partial charge in [0, 0.05) is 18.0 Å². The molecule has 0 amide bonds. The van der Waals surface area contributed by atoms with Crippen molar-refractivity contribution in [1.29, 1.82) is 5.26 Å². The molecule has 0 aliphatic rings. The Labute approximate surface area is 91.7 Å². The molecule has 1 aromatic rings. The summed E-state index contributed by atoms with van der Waals surface area (Å²) in [5.41, 5.74) is 0.683. The van der Waals surface area contributed by atoms with E-state index in [2.05, 4.69) is 25.5 Å². The summed E-state index contributed by atoms with van der Waals surface area (Å²) in [6.07, 6.45) is 4.87. The number of nitrogens with one attached hydrogen (secondary N) is 1. The number of amidine groups is 1. The summed E-state index contributed by atoms with van der Waals surface area (Å²) in [5, 5.41) is 13.6. The summed E-state index contributed by atoms with van der Waals surface area (Å²) in [7, 11) is 0. The van der Waals surface area contributed by atoms with E-state index in [9.17, 15) is 4.91 Å².